The molecular formula is C45H52O23. The lowest BCUT2D eigenvalue weighted by Gasteiger charge is -2.43. The summed E-state index contributed by atoms with van der Waals surface area (Å²) in [5, 5.41) is 85.1. The molecule has 2 aliphatic rings. The first kappa shape index (κ1) is 52.1. The summed E-state index contributed by atoms with van der Waals surface area (Å²) in [5.41, 5.74) is 0.906. The molecule has 0 amide bonds. The second-order valence-electron chi connectivity index (χ2n) is 14.7. The fourth-order valence-corrected chi connectivity index (χ4v) is 6.95. The van der Waals surface area contributed by atoms with E-state index in [1.54, 1.807) is 0 Å². The van der Waals surface area contributed by atoms with Crippen LogP contribution in [0.4, 0.5) is 0 Å². The fraction of sp³-hybridized carbons (Fsp3) is 0.400. The van der Waals surface area contributed by atoms with Crippen molar-refractivity contribution in [3.05, 3.63) is 71.3 Å². The van der Waals surface area contributed by atoms with Crippen LogP contribution >= 0.6 is 0 Å². The Kier molecular flexibility index (Phi) is 17.8. The van der Waals surface area contributed by atoms with Gasteiger partial charge in [-0.15, -0.1) is 0 Å². The summed E-state index contributed by atoms with van der Waals surface area (Å²) in [6.07, 6.45) is -8.68. The topological polar surface area (TPSA) is 324 Å². The number of phenolic OH excluding ortho intramolecular Hbond substituents is 3. The molecule has 0 bridgehead atoms. The van der Waals surface area contributed by atoms with E-state index in [2.05, 4.69) is 0 Å². The van der Waals surface area contributed by atoms with Crippen molar-refractivity contribution in [3.63, 3.8) is 0 Å². The van der Waals surface area contributed by atoms with E-state index in [0.717, 1.165) is 18.2 Å². The largest absolute Gasteiger partial charge is 0.502 e. The van der Waals surface area contributed by atoms with Gasteiger partial charge in [-0.1, -0.05) is 0 Å². The fourth-order valence-electron chi connectivity index (χ4n) is 6.95. The van der Waals surface area contributed by atoms with Gasteiger partial charge in [-0.05, 0) is 71.3 Å². The number of carbonyl (C=O) groups excluding carboxylic acids is 3. The van der Waals surface area contributed by atoms with Crippen LogP contribution in [0.1, 0.15) is 16.7 Å². The summed E-state index contributed by atoms with van der Waals surface area (Å²) in [6, 6.07) is 8.26. The molecule has 0 radical (unpaired) electrons. The number of esters is 3. The van der Waals surface area contributed by atoms with Crippen molar-refractivity contribution in [2.75, 3.05) is 62.5 Å². The average molecular weight is 961 g/mol. The molecule has 8 N–H and O–H groups in total. The number of hydrogen-bond acceptors (Lipinski definition) is 23. The summed E-state index contributed by atoms with van der Waals surface area (Å²) in [6.45, 7) is -2.98. The van der Waals surface area contributed by atoms with Crippen LogP contribution in [0.25, 0.3) is 18.2 Å². The standard InChI is InChI=1S/C45H52O23/c1-57-25-13-22(14-26(58-2)36(25)51)7-10-33(48)63-20-32-39(54)40(55)41(56)44(64-32)68-45(21-47)43(66-35(50)12-9-24-17-29(61-5)38(53)30(18-24)62-6)42(31(19-46)67-45)65-34(49)11-8-23-15-27(59-3)37(52)28(16-23)60-4/h7-18,31-32,39-44,46-47,51-56H,19-21H2,1-6H3/b10-7+,11-8+,12-9+/t31-,32+,39+,40-,41+,42-,43+,44+,45-/m0/s1. The number of phenols is 3. The number of benzene rings is 3. The van der Waals surface area contributed by atoms with Crippen LogP contribution in [0, 0.1) is 0 Å². The summed E-state index contributed by atoms with van der Waals surface area (Å²) >= 11 is 0. The lowest BCUT2D eigenvalue weighted by molar-refractivity contribution is -0.383. The van der Waals surface area contributed by atoms with Crippen molar-refractivity contribution in [1.82, 2.24) is 0 Å². The minimum absolute atomic E-state index is 0.00590. The van der Waals surface area contributed by atoms with Crippen molar-refractivity contribution >= 4 is 36.1 Å². The van der Waals surface area contributed by atoms with Gasteiger partial charge >= 0.3 is 17.9 Å². The molecular weight excluding hydrogens is 908 g/mol. The molecule has 3 aromatic carbocycles. The van der Waals surface area contributed by atoms with Gasteiger partial charge in [0.05, 0.1) is 49.3 Å². The SMILES string of the molecule is COc1cc(/C=C/C(=O)OC[C@H]2O[C@H](O[C@]3(CO)O[C@@H](CO)[C@H](OC(=O)/C=C/c4cc(OC)c(O)c(OC)c4)[C@H]3OC(=O)/C=C/c3cc(OC)c(O)c(OC)c3)[C@H](O)[C@@H](O)[C@@H]2O)cc(OC)c1O. The van der Waals surface area contributed by atoms with Gasteiger partial charge < -0.3 is 97.7 Å². The molecule has 5 rings (SSSR count). The number of aromatic hydroxyl groups is 3. The number of methoxy groups -OCH3 is 6. The second-order valence-corrected chi connectivity index (χ2v) is 14.7. The normalized spacial score (nSPS) is 24.8. The Balaban J connectivity index is 1.42. The summed E-state index contributed by atoms with van der Waals surface area (Å²) in [5.74, 6) is -6.79. The van der Waals surface area contributed by atoms with E-state index in [4.69, 9.17) is 56.8 Å². The molecule has 0 saturated carbocycles. The van der Waals surface area contributed by atoms with E-state index in [1.807, 2.05) is 0 Å². The maximum Gasteiger partial charge on any atom is 0.331 e. The zero-order valence-electron chi connectivity index (χ0n) is 37.4. The van der Waals surface area contributed by atoms with Crippen molar-refractivity contribution < 1.29 is 112 Å². The molecule has 2 saturated heterocycles. The van der Waals surface area contributed by atoms with Gasteiger partial charge in [0.1, 0.15) is 43.7 Å². The number of aliphatic hydroxyl groups is 5. The quantitative estimate of drug-likeness (QED) is 0.0436. The molecule has 0 spiro atoms. The summed E-state index contributed by atoms with van der Waals surface area (Å²) < 4.78 is 65.0. The van der Waals surface area contributed by atoms with Crippen molar-refractivity contribution in [1.29, 1.82) is 0 Å². The van der Waals surface area contributed by atoms with Crippen LogP contribution in [0.5, 0.6) is 51.7 Å². The average Bonchev–Trinajstić information content (AvgIpc) is 3.62. The van der Waals surface area contributed by atoms with Crippen molar-refractivity contribution in [2.24, 2.45) is 0 Å². The number of ether oxygens (including phenoxy) is 12. The predicted molar refractivity (Wildman–Crippen MR) is 231 cm³/mol. The van der Waals surface area contributed by atoms with Crippen LogP contribution in [0.3, 0.4) is 0 Å². The smallest absolute Gasteiger partial charge is 0.331 e. The summed E-state index contributed by atoms with van der Waals surface area (Å²) in [7, 11) is 7.78. The van der Waals surface area contributed by atoms with Crippen molar-refractivity contribution in [2.45, 2.75) is 54.8 Å². The number of hydrogen-bond donors (Lipinski definition) is 8. The molecule has 2 heterocycles. The van der Waals surface area contributed by atoms with Crippen molar-refractivity contribution in [3.8, 4) is 51.7 Å². The Morgan fingerprint density at radius 1 is 0.574 bits per heavy atom. The van der Waals surface area contributed by atoms with Crippen LogP contribution in [0.2, 0.25) is 0 Å². The maximum absolute atomic E-state index is 13.6. The van der Waals surface area contributed by atoms with E-state index in [9.17, 15) is 55.2 Å². The minimum Gasteiger partial charge on any atom is -0.502 e. The Labute approximate surface area is 388 Å². The highest BCUT2D eigenvalue weighted by Gasteiger charge is 2.62. The third kappa shape index (κ3) is 11.8. The van der Waals surface area contributed by atoms with Crippen LogP contribution in [-0.4, -0.2) is 176 Å². The van der Waals surface area contributed by atoms with Gasteiger partial charge in [0.2, 0.25) is 23.0 Å². The van der Waals surface area contributed by atoms with E-state index < -0.39 is 92.5 Å². The zero-order chi connectivity index (χ0) is 49.9. The van der Waals surface area contributed by atoms with Gasteiger partial charge in [-0.2, -0.15) is 0 Å². The molecule has 2 aliphatic heterocycles. The molecule has 23 heteroatoms. The Morgan fingerprint density at radius 2 is 0.971 bits per heavy atom. The van der Waals surface area contributed by atoms with E-state index in [-0.39, 0.29) is 62.9 Å². The molecule has 0 unspecified atom stereocenters. The summed E-state index contributed by atoms with van der Waals surface area (Å²) in [4.78, 5) is 39.8. The highest BCUT2D eigenvalue weighted by atomic mass is 16.8. The molecule has 0 aliphatic carbocycles. The zero-order valence-corrected chi connectivity index (χ0v) is 37.4. The molecule has 2 fully saturated rings. The first-order valence-electron chi connectivity index (χ1n) is 20.2. The van der Waals surface area contributed by atoms with Gasteiger partial charge in [-0.3, -0.25) is 0 Å². The Hall–Kier alpha value is -6.83. The Morgan fingerprint density at radius 3 is 1.35 bits per heavy atom. The van der Waals surface area contributed by atoms with E-state index >= 15 is 0 Å². The molecule has 68 heavy (non-hydrogen) atoms. The lowest BCUT2D eigenvalue weighted by Crippen LogP contribution is -2.63. The Bertz CT molecular complexity index is 2270. The minimum atomic E-state index is -2.68. The monoisotopic (exact) mass is 960 g/mol. The number of aliphatic hydroxyl groups excluding tert-OH is 5. The van der Waals surface area contributed by atoms with Gasteiger partial charge in [-0.25, -0.2) is 14.4 Å². The van der Waals surface area contributed by atoms with E-state index in [1.165, 1.54) is 97.3 Å². The van der Waals surface area contributed by atoms with E-state index in [0.29, 0.717) is 5.56 Å². The van der Waals surface area contributed by atoms with Gasteiger partial charge in [0.15, 0.2) is 53.0 Å². The number of carbonyl (C=O) groups is 3. The number of rotatable bonds is 20. The molecule has 0 aromatic heterocycles. The lowest BCUT2D eigenvalue weighted by atomic mass is 9.98. The van der Waals surface area contributed by atoms with Gasteiger partial charge in [0, 0.05) is 18.2 Å². The van der Waals surface area contributed by atoms with Crippen LogP contribution in [-0.2, 0) is 42.8 Å². The van der Waals surface area contributed by atoms with Crippen LogP contribution in [0.15, 0.2) is 54.6 Å². The maximum atomic E-state index is 13.6. The predicted octanol–water partition coefficient (Wildman–Crippen LogP) is 0.566. The highest BCUT2D eigenvalue weighted by Crippen LogP contribution is 2.42. The highest BCUT2D eigenvalue weighted by molar-refractivity contribution is 5.89. The third-order valence-electron chi connectivity index (χ3n) is 10.5. The molecule has 370 valence electrons. The molecule has 9 atom stereocenters. The van der Waals surface area contributed by atoms with Crippen LogP contribution < -0.4 is 28.4 Å². The van der Waals surface area contributed by atoms with Gasteiger partial charge in [0.25, 0.3) is 0 Å². The second kappa shape index (κ2) is 23.3. The molecule has 3 aromatic rings. The first-order valence-corrected chi connectivity index (χ1v) is 20.2. The molecule has 23 nitrogen and oxygen atoms in total. The first-order chi connectivity index (χ1) is 32.5. The third-order valence-corrected chi connectivity index (χ3v) is 10.5.